The molecular weight excluding hydrogens is 360 g/mol. The molecule has 118 valence electrons. The summed E-state index contributed by atoms with van der Waals surface area (Å²) in [4.78, 5) is 17.2. The van der Waals surface area contributed by atoms with Crippen LogP contribution in [0.4, 0.5) is 5.13 Å². The van der Waals surface area contributed by atoms with Crippen molar-refractivity contribution in [2.24, 2.45) is 0 Å². The van der Waals surface area contributed by atoms with E-state index < -0.39 is 0 Å². The molecule has 3 nitrogen and oxygen atoms in total. The van der Waals surface area contributed by atoms with Gasteiger partial charge in [-0.05, 0) is 29.0 Å². The molecule has 0 fully saturated rings. The Morgan fingerprint density at radius 3 is 2.67 bits per heavy atom. The van der Waals surface area contributed by atoms with Crippen LogP contribution in [0.25, 0.3) is 22.0 Å². The first-order chi connectivity index (χ1) is 11.7. The van der Waals surface area contributed by atoms with E-state index in [0.29, 0.717) is 14.3 Å². The quantitative estimate of drug-likeness (QED) is 0.485. The number of anilines is 1. The van der Waals surface area contributed by atoms with Crippen molar-refractivity contribution in [3.8, 4) is 11.3 Å². The number of thiazole rings is 1. The first kappa shape index (κ1) is 15.3. The maximum atomic E-state index is 12.2. The molecule has 0 spiro atoms. The van der Waals surface area contributed by atoms with Crippen LogP contribution in [0, 0.1) is 0 Å². The van der Waals surface area contributed by atoms with Crippen LogP contribution in [0.5, 0.6) is 0 Å². The van der Waals surface area contributed by atoms with Gasteiger partial charge in [-0.25, -0.2) is 4.98 Å². The van der Waals surface area contributed by atoms with E-state index >= 15 is 0 Å². The highest BCUT2D eigenvalue weighted by atomic mass is 35.5. The lowest BCUT2D eigenvalue weighted by molar-refractivity contribution is 0.103. The van der Waals surface area contributed by atoms with Crippen LogP contribution in [0.2, 0.25) is 4.34 Å². The molecule has 0 aliphatic rings. The average Bonchev–Trinajstić information content (AvgIpc) is 3.23. The van der Waals surface area contributed by atoms with Gasteiger partial charge in [0.15, 0.2) is 5.13 Å². The van der Waals surface area contributed by atoms with Crippen LogP contribution < -0.4 is 5.32 Å². The number of carbonyl (C=O) groups is 1. The Balaban J connectivity index is 1.58. The zero-order chi connectivity index (χ0) is 16.5. The van der Waals surface area contributed by atoms with Gasteiger partial charge in [-0.2, -0.15) is 0 Å². The molecule has 2 heterocycles. The molecular formula is C18H11ClN2OS2. The van der Waals surface area contributed by atoms with E-state index in [9.17, 15) is 4.79 Å². The molecule has 0 atom stereocenters. The monoisotopic (exact) mass is 370 g/mol. The number of carbonyl (C=O) groups excluding carboxylic acids is 1. The fourth-order valence-electron chi connectivity index (χ4n) is 2.41. The van der Waals surface area contributed by atoms with Crippen LogP contribution in [0.1, 0.15) is 9.67 Å². The van der Waals surface area contributed by atoms with Gasteiger partial charge in [0.05, 0.1) is 14.9 Å². The highest BCUT2D eigenvalue weighted by Crippen LogP contribution is 2.28. The Hall–Kier alpha value is -2.21. The maximum absolute atomic E-state index is 12.2. The number of hydrogen-bond donors (Lipinski definition) is 1. The Bertz CT molecular complexity index is 1040. The molecule has 2 aromatic carbocycles. The zero-order valence-corrected chi connectivity index (χ0v) is 14.7. The van der Waals surface area contributed by atoms with Crippen LogP contribution >= 0.6 is 34.3 Å². The van der Waals surface area contributed by atoms with Gasteiger partial charge in [0.1, 0.15) is 0 Å². The number of fused-ring (bicyclic) bond motifs is 1. The van der Waals surface area contributed by atoms with Gasteiger partial charge < -0.3 is 0 Å². The van der Waals surface area contributed by atoms with Crippen LogP contribution in [-0.2, 0) is 0 Å². The number of hydrogen-bond acceptors (Lipinski definition) is 4. The van der Waals surface area contributed by atoms with Crippen molar-refractivity contribution in [1.82, 2.24) is 4.98 Å². The topological polar surface area (TPSA) is 42.0 Å². The van der Waals surface area contributed by atoms with Crippen molar-refractivity contribution in [2.45, 2.75) is 0 Å². The minimum absolute atomic E-state index is 0.189. The third kappa shape index (κ3) is 3.06. The lowest BCUT2D eigenvalue weighted by atomic mass is 10.1. The minimum Gasteiger partial charge on any atom is -0.297 e. The molecule has 0 aliphatic heterocycles. The molecule has 0 aliphatic carbocycles. The fourth-order valence-corrected chi connectivity index (χ4v) is 4.06. The number of thiophene rings is 1. The van der Waals surface area contributed by atoms with Crippen molar-refractivity contribution in [3.05, 3.63) is 69.2 Å². The zero-order valence-electron chi connectivity index (χ0n) is 12.3. The second kappa shape index (κ2) is 6.36. The molecule has 0 radical (unpaired) electrons. The lowest BCUT2D eigenvalue weighted by Crippen LogP contribution is -2.09. The molecule has 24 heavy (non-hydrogen) atoms. The maximum Gasteiger partial charge on any atom is 0.267 e. The molecule has 1 N–H and O–H groups in total. The normalized spacial score (nSPS) is 10.9. The second-order valence-electron chi connectivity index (χ2n) is 5.16. The van der Waals surface area contributed by atoms with Gasteiger partial charge in [0.25, 0.3) is 5.91 Å². The summed E-state index contributed by atoms with van der Waals surface area (Å²) >= 11 is 8.52. The molecule has 2 aromatic heterocycles. The molecule has 4 rings (SSSR count). The predicted octanol–water partition coefficient (Wildman–Crippen LogP) is 5.93. The van der Waals surface area contributed by atoms with Crippen molar-refractivity contribution >= 4 is 56.1 Å². The summed E-state index contributed by atoms with van der Waals surface area (Å²) < 4.78 is 0.594. The van der Waals surface area contributed by atoms with E-state index in [1.807, 2.05) is 23.6 Å². The largest absolute Gasteiger partial charge is 0.297 e. The third-order valence-electron chi connectivity index (χ3n) is 3.57. The smallest absolute Gasteiger partial charge is 0.267 e. The van der Waals surface area contributed by atoms with Gasteiger partial charge in [0.2, 0.25) is 0 Å². The van der Waals surface area contributed by atoms with Crippen molar-refractivity contribution in [3.63, 3.8) is 0 Å². The SMILES string of the molecule is O=C(Nc1nc(-c2ccc3ccccc3c2)cs1)c1ccc(Cl)s1. The molecule has 6 heteroatoms. The predicted molar refractivity (Wildman–Crippen MR) is 102 cm³/mol. The number of aromatic nitrogens is 1. The Morgan fingerprint density at radius 2 is 1.88 bits per heavy atom. The number of nitrogens with zero attached hydrogens (tertiary/aromatic N) is 1. The van der Waals surface area contributed by atoms with Crippen molar-refractivity contribution < 1.29 is 4.79 Å². The molecule has 0 unspecified atom stereocenters. The van der Waals surface area contributed by atoms with Gasteiger partial charge >= 0.3 is 0 Å². The molecule has 0 saturated heterocycles. The first-order valence-corrected chi connectivity index (χ1v) is 9.28. The van der Waals surface area contributed by atoms with Crippen molar-refractivity contribution in [1.29, 1.82) is 0 Å². The number of nitrogens with one attached hydrogen (secondary N) is 1. The van der Waals surface area contributed by atoms with Gasteiger partial charge in [-0.15, -0.1) is 22.7 Å². The van der Waals surface area contributed by atoms with Gasteiger partial charge in [0, 0.05) is 10.9 Å². The second-order valence-corrected chi connectivity index (χ2v) is 7.73. The summed E-state index contributed by atoms with van der Waals surface area (Å²) in [6.45, 7) is 0. The molecule has 4 aromatic rings. The summed E-state index contributed by atoms with van der Waals surface area (Å²) in [6, 6.07) is 17.9. The van der Waals surface area contributed by atoms with Crippen LogP contribution in [-0.4, -0.2) is 10.9 Å². The number of amides is 1. The molecule has 0 saturated carbocycles. The van der Waals surface area contributed by atoms with Gasteiger partial charge in [-0.3, -0.25) is 10.1 Å². The van der Waals surface area contributed by atoms with Gasteiger partial charge in [-0.1, -0.05) is 48.0 Å². The number of halogens is 1. The molecule has 0 bridgehead atoms. The van der Waals surface area contributed by atoms with E-state index in [2.05, 4.69) is 34.6 Å². The van der Waals surface area contributed by atoms with E-state index in [4.69, 9.17) is 11.6 Å². The van der Waals surface area contributed by atoms with Crippen molar-refractivity contribution in [2.75, 3.05) is 5.32 Å². The summed E-state index contributed by atoms with van der Waals surface area (Å²) in [7, 11) is 0. The summed E-state index contributed by atoms with van der Waals surface area (Å²) in [5.41, 5.74) is 1.88. The summed E-state index contributed by atoms with van der Waals surface area (Å²) in [5.74, 6) is -0.189. The fraction of sp³-hybridized carbons (Fsp3) is 0. The van der Waals surface area contributed by atoms with E-state index in [-0.39, 0.29) is 5.91 Å². The highest BCUT2D eigenvalue weighted by molar-refractivity contribution is 7.18. The average molecular weight is 371 g/mol. The first-order valence-electron chi connectivity index (χ1n) is 7.20. The Labute approximate surface area is 151 Å². The third-order valence-corrected chi connectivity index (χ3v) is 5.55. The number of rotatable bonds is 3. The summed E-state index contributed by atoms with van der Waals surface area (Å²) in [6.07, 6.45) is 0. The van der Waals surface area contributed by atoms with E-state index in [1.165, 1.54) is 33.4 Å². The van der Waals surface area contributed by atoms with E-state index in [0.717, 1.165) is 11.3 Å². The van der Waals surface area contributed by atoms with Crippen LogP contribution in [0.3, 0.4) is 0 Å². The lowest BCUT2D eigenvalue weighted by Gasteiger charge is -2.01. The molecule has 1 amide bonds. The minimum atomic E-state index is -0.189. The standard InChI is InChI=1S/C18H11ClN2OS2/c19-16-8-7-15(24-16)17(22)21-18-20-14(10-23-18)13-6-5-11-3-1-2-4-12(11)9-13/h1-10H,(H,20,21,22). The van der Waals surface area contributed by atoms with E-state index in [1.54, 1.807) is 12.1 Å². The Kier molecular flexibility index (Phi) is 4.06. The summed E-state index contributed by atoms with van der Waals surface area (Å²) in [5, 5.41) is 7.70. The van der Waals surface area contributed by atoms with Crippen LogP contribution in [0.15, 0.2) is 60.0 Å². The number of benzene rings is 2. The Morgan fingerprint density at radius 1 is 1.04 bits per heavy atom. The highest BCUT2D eigenvalue weighted by Gasteiger charge is 2.12.